The Balaban J connectivity index is 0.00000363. The predicted molar refractivity (Wildman–Crippen MR) is 139 cm³/mol. The highest BCUT2D eigenvalue weighted by molar-refractivity contribution is 14.0. The number of carbonyl (C=O) groups excluding carboxylic acids is 1. The molecule has 0 aliphatic carbocycles. The van der Waals surface area contributed by atoms with E-state index < -0.39 is 5.60 Å². The number of nitrogens with zero attached hydrogens (tertiary/aromatic N) is 2. The second kappa shape index (κ2) is 11.4. The number of aryl methyl sites for hydroxylation is 1. The highest BCUT2D eigenvalue weighted by Gasteiger charge is 2.45. The summed E-state index contributed by atoms with van der Waals surface area (Å²) in [5.74, 6) is 1.74. The monoisotopic (exact) mass is 558 g/mol. The van der Waals surface area contributed by atoms with Gasteiger partial charge in [0, 0.05) is 31.7 Å². The van der Waals surface area contributed by atoms with Gasteiger partial charge in [-0.05, 0) is 77.0 Å². The summed E-state index contributed by atoms with van der Waals surface area (Å²) < 4.78 is 11.1. The Labute approximate surface area is 209 Å². The first kappa shape index (κ1) is 26.5. The number of rotatable bonds is 5. The lowest BCUT2D eigenvalue weighted by atomic mass is 9.98. The van der Waals surface area contributed by atoms with Crippen molar-refractivity contribution in [1.82, 2.24) is 15.5 Å². The van der Waals surface area contributed by atoms with Crippen LogP contribution < -0.4 is 15.4 Å². The van der Waals surface area contributed by atoms with Gasteiger partial charge in [-0.1, -0.05) is 12.1 Å². The van der Waals surface area contributed by atoms with Crippen LogP contribution in [-0.4, -0.2) is 61.4 Å². The van der Waals surface area contributed by atoms with Gasteiger partial charge in [0.2, 0.25) is 0 Å². The van der Waals surface area contributed by atoms with Crippen LogP contribution in [0.3, 0.4) is 0 Å². The van der Waals surface area contributed by atoms with Crippen LogP contribution in [-0.2, 0) is 11.2 Å². The van der Waals surface area contributed by atoms with Gasteiger partial charge in [-0.25, -0.2) is 4.79 Å². The molecule has 2 aliphatic rings. The van der Waals surface area contributed by atoms with Crippen molar-refractivity contribution >= 4 is 36.0 Å². The molecule has 2 bridgehead atoms. The molecule has 2 N–H and O–H groups in total. The van der Waals surface area contributed by atoms with Gasteiger partial charge in [0.25, 0.3) is 0 Å². The number of hydrogen-bond donors (Lipinski definition) is 2. The number of methoxy groups -OCH3 is 1. The maximum Gasteiger partial charge on any atom is 0.410 e. The lowest BCUT2D eigenvalue weighted by molar-refractivity contribution is 0.00545. The van der Waals surface area contributed by atoms with Crippen LogP contribution in [0.5, 0.6) is 5.75 Å². The number of hydrogen-bond acceptors (Lipinski definition) is 4. The first-order valence-electron chi connectivity index (χ1n) is 11.3. The fourth-order valence-corrected chi connectivity index (χ4v) is 4.64. The lowest BCUT2D eigenvalue weighted by Gasteiger charge is -2.40. The Morgan fingerprint density at radius 2 is 1.88 bits per heavy atom. The number of benzene rings is 1. The molecule has 2 aliphatic heterocycles. The second-order valence-corrected chi connectivity index (χ2v) is 9.64. The van der Waals surface area contributed by atoms with E-state index in [0.29, 0.717) is 6.04 Å². The number of piperidine rings is 1. The number of amides is 1. The fraction of sp³-hybridized carbons (Fsp3) is 0.667. The van der Waals surface area contributed by atoms with Crippen LogP contribution in [0.4, 0.5) is 4.79 Å². The molecule has 0 saturated carbocycles. The van der Waals surface area contributed by atoms with E-state index >= 15 is 0 Å². The maximum absolute atomic E-state index is 12.6. The molecule has 1 aromatic rings. The molecule has 2 atom stereocenters. The van der Waals surface area contributed by atoms with E-state index in [4.69, 9.17) is 9.47 Å². The molecule has 2 fully saturated rings. The molecule has 0 spiro atoms. The zero-order valence-corrected chi connectivity index (χ0v) is 22.6. The minimum atomic E-state index is -0.459. The van der Waals surface area contributed by atoms with E-state index in [0.717, 1.165) is 55.9 Å². The van der Waals surface area contributed by atoms with E-state index in [2.05, 4.69) is 33.8 Å². The molecule has 0 aromatic heterocycles. The van der Waals surface area contributed by atoms with Gasteiger partial charge in [0.1, 0.15) is 11.4 Å². The van der Waals surface area contributed by atoms with E-state index in [9.17, 15) is 4.79 Å². The van der Waals surface area contributed by atoms with Crippen LogP contribution in [0.15, 0.2) is 23.2 Å². The van der Waals surface area contributed by atoms with Crippen molar-refractivity contribution in [2.75, 3.05) is 20.7 Å². The molecular formula is C24H39IN4O3. The van der Waals surface area contributed by atoms with Crippen LogP contribution in [0.2, 0.25) is 0 Å². The topological polar surface area (TPSA) is 75.2 Å². The molecule has 8 heteroatoms. The number of nitrogens with one attached hydrogen (secondary N) is 2. The van der Waals surface area contributed by atoms with Crippen LogP contribution in [0.25, 0.3) is 0 Å². The summed E-state index contributed by atoms with van der Waals surface area (Å²) in [6.07, 6.45) is 4.65. The molecule has 2 heterocycles. The SMILES string of the molecule is CN=C(NCCc1ccc(C)c(OC)c1)NC1CC2CCC(C1)N2C(=O)OC(C)(C)C.I. The third kappa shape index (κ3) is 6.89. The summed E-state index contributed by atoms with van der Waals surface area (Å²) in [5.41, 5.74) is 1.91. The Kier molecular flexibility index (Phi) is 9.48. The standard InChI is InChI=1S/C24H38N4O3.HI/c1-16-7-8-17(13-21(16)30-6)11-12-26-22(25-5)27-18-14-19-9-10-20(15-18)28(19)23(29)31-24(2,3)4;/h7-8,13,18-20H,9-12,14-15H2,1-6H3,(H2,25,26,27);1H. The van der Waals surface area contributed by atoms with Gasteiger partial charge in [-0.15, -0.1) is 24.0 Å². The fourth-order valence-electron chi connectivity index (χ4n) is 4.64. The molecule has 2 saturated heterocycles. The van der Waals surface area contributed by atoms with Crippen molar-refractivity contribution in [2.24, 2.45) is 4.99 Å². The first-order chi connectivity index (χ1) is 14.7. The van der Waals surface area contributed by atoms with Crippen LogP contribution >= 0.6 is 24.0 Å². The van der Waals surface area contributed by atoms with Crippen molar-refractivity contribution in [3.63, 3.8) is 0 Å². The van der Waals surface area contributed by atoms with Gasteiger partial charge in [0.15, 0.2) is 5.96 Å². The molecule has 1 amide bonds. The molecule has 180 valence electrons. The highest BCUT2D eigenvalue weighted by atomic mass is 127. The zero-order chi connectivity index (χ0) is 22.6. The average Bonchev–Trinajstić information content (AvgIpc) is 2.98. The highest BCUT2D eigenvalue weighted by Crippen LogP contribution is 2.36. The minimum absolute atomic E-state index is 0. The number of fused-ring (bicyclic) bond motifs is 2. The normalized spacial score (nSPS) is 22.8. The van der Waals surface area contributed by atoms with Crippen LogP contribution in [0.1, 0.15) is 57.6 Å². The third-order valence-electron chi connectivity index (χ3n) is 6.08. The van der Waals surface area contributed by atoms with Crippen LogP contribution in [0, 0.1) is 6.92 Å². The quantitative estimate of drug-likeness (QED) is 0.321. The average molecular weight is 559 g/mol. The Morgan fingerprint density at radius 3 is 2.44 bits per heavy atom. The Bertz CT molecular complexity index is 795. The largest absolute Gasteiger partial charge is 0.496 e. The Hall–Kier alpha value is -1.71. The summed E-state index contributed by atoms with van der Waals surface area (Å²) in [6.45, 7) is 8.60. The summed E-state index contributed by atoms with van der Waals surface area (Å²) >= 11 is 0. The van der Waals surface area contributed by atoms with Crippen molar-refractivity contribution in [1.29, 1.82) is 0 Å². The smallest absolute Gasteiger partial charge is 0.410 e. The van der Waals surface area contributed by atoms with E-state index in [1.807, 2.05) is 32.6 Å². The van der Waals surface area contributed by atoms with Gasteiger partial charge < -0.3 is 25.0 Å². The molecule has 32 heavy (non-hydrogen) atoms. The third-order valence-corrected chi connectivity index (χ3v) is 6.08. The molecular weight excluding hydrogens is 519 g/mol. The number of carbonyl (C=O) groups is 1. The van der Waals surface area contributed by atoms with E-state index in [1.54, 1.807) is 14.2 Å². The summed E-state index contributed by atoms with van der Waals surface area (Å²) in [5, 5.41) is 6.99. The minimum Gasteiger partial charge on any atom is -0.496 e. The van der Waals surface area contributed by atoms with Crippen molar-refractivity contribution < 1.29 is 14.3 Å². The molecule has 0 radical (unpaired) electrons. The molecule has 3 rings (SSSR count). The second-order valence-electron chi connectivity index (χ2n) is 9.64. The van der Waals surface area contributed by atoms with Gasteiger partial charge >= 0.3 is 6.09 Å². The molecule has 2 unspecified atom stereocenters. The number of guanidine groups is 1. The van der Waals surface area contributed by atoms with Gasteiger partial charge in [-0.3, -0.25) is 4.99 Å². The van der Waals surface area contributed by atoms with Crippen molar-refractivity contribution in [3.8, 4) is 5.75 Å². The maximum atomic E-state index is 12.6. The van der Waals surface area contributed by atoms with Crippen molar-refractivity contribution in [2.45, 2.75) is 83.5 Å². The molecule has 7 nitrogen and oxygen atoms in total. The predicted octanol–water partition coefficient (Wildman–Crippen LogP) is 4.26. The Morgan fingerprint density at radius 1 is 1.22 bits per heavy atom. The van der Waals surface area contributed by atoms with E-state index in [-0.39, 0.29) is 42.2 Å². The van der Waals surface area contributed by atoms with Crippen molar-refractivity contribution in [3.05, 3.63) is 29.3 Å². The van der Waals surface area contributed by atoms with E-state index in [1.165, 1.54) is 5.56 Å². The summed E-state index contributed by atoms with van der Waals surface area (Å²) in [7, 11) is 3.51. The summed E-state index contributed by atoms with van der Waals surface area (Å²) in [6, 6.07) is 7.11. The first-order valence-corrected chi connectivity index (χ1v) is 11.3. The lowest BCUT2D eigenvalue weighted by Crippen LogP contribution is -2.55. The molecule has 1 aromatic carbocycles. The number of ether oxygens (including phenoxy) is 2. The van der Waals surface area contributed by atoms with Gasteiger partial charge in [0.05, 0.1) is 7.11 Å². The number of halogens is 1. The number of aliphatic imine (C=N–C) groups is 1. The van der Waals surface area contributed by atoms with Gasteiger partial charge in [-0.2, -0.15) is 0 Å². The zero-order valence-electron chi connectivity index (χ0n) is 20.2. The summed E-state index contributed by atoms with van der Waals surface area (Å²) in [4.78, 5) is 19.0.